The van der Waals surface area contributed by atoms with Gasteiger partial charge in [-0.2, -0.15) is 0 Å². The van der Waals surface area contributed by atoms with Crippen molar-refractivity contribution in [2.75, 3.05) is 18.4 Å². The van der Waals surface area contributed by atoms with Gasteiger partial charge in [-0.1, -0.05) is 24.2 Å². The molecule has 3 aromatic rings. The molecule has 1 amide bonds. The van der Waals surface area contributed by atoms with Gasteiger partial charge in [0.25, 0.3) is 0 Å². The lowest BCUT2D eigenvalue weighted by Gasteiger charge is -2.37. The van der Waals surface area contributed by atoms with Crippen LogP contribution in [-0.4, -0.2) is 50.1 Å². The van der Waals surface area contributed by atoms with Crippen molar-refractivity contribution in [3.05, 3.63) is 24.0 Å². The monoisotopic (exact) mass is 380 g/mol. The van der Waals surface area contributed by atoms with Crippen molar-refractivity contribution in [2.45, 2.75) is 25.8 Å². The van der Waals surface area contributed by atoms with Crippen LogP contribution in [0.2, 0.25) is 0 Å². The fraction of sp³-hybridized carbons (Fsp3) is 0.368. The van der Waals surface area contributed by atoms with E-state index in [0.29, 0.717) is 12.5 Å². The van der Waals surface area contributed by atoms with Gasteiger partial charge < -0.3 is 15.2 Å². The molecule has 7 nitrogen and oxygen atoms in total. The second-order valence-corrected chi connectivity index (χ2v) is 7.73. The molecule has 0 bridgehead atoms. The zero-order valence-corrected chi connectivity index (χ0v) is 15.8. The number of anilines is 1. The Balaban J connectivity index is 1.66. The van der Waals surface area contributed by atoms with Gasteiger partial charge in [-0.15, -0.1) is 16.6 Å². The first-order valence-corrected chi connectivity index (χ1v) is 9.74. The largest absolute Gasteiger partial charge is 0.379 e. The molecule has 0 aromatic carbocycles. The van der Waals surface area contributed by atoms with Crippen molar-refractivity contribution >= 4 is 34.0 Å². The summed E-state index contributed by atoms with van der Waals surface area (Å²) in [6, 6.07) is 2.13. The van der Waals surface area contributed by atoms with Gasteiger partial charge in [-0.05, 0) is 18.4 Å². The van der Waals surface area contributed by atoms with Crippen molar-refractivity contribution in [2.24, 2.45) is 5.92 Å². The van der Waals surface area contributed by atoms with Crippen LogP contribution >= 0.6 is 11.3 Å². The van der Waals surface area contributed by atoms with Gasteiger partial charge in [0.05, 0.1) is 17.7 Å². The second kappa shape index (κ2) is 7.37. The van der Waals surface area contributed by atoms with Gasteiger partial charge in [-0.25, -0.2) is 4.98 Å². The average molecular weight is 380 g/mol. The number of pyridine rings is 1. The van der Waals surface area contributed by atoms with Crippen molar-refractivity contribution in [3.8, 4) is 22.9 Å². The van der Waals surface area contributed by atoms with Crippen LogP contribution in [0.4, 0.5) is 5.69 Å². The van der Waals surface area contributed by atoms with Crippen LogP contribution < -0.4 is 5.32 Å². The number of aromatic amines is 1. The molecule has 1 saturated heterocycles. The highest BCUT2D eigenvalue weighted by Crippen LogP contribution is 2.35. The van der Waals surface area contributed by atoms with Crippen LogP contribution in [0.15, 0.2) is 24.0 Å². The van der Waals surface area contributed by atoms with Crippen LogP contribution in [0.5, 0.6) is 0 Å². The third-order valence-corrected chi connectivity index (χ3v) is 5.52. The smallest absolute Gasteiger partial charge is 0.234 e. The molecule has 0 radical (unpaired) electrons. The van der Waals surface area contributed by atoms with Gasteiger partial charge in [0, 0.05) is 36.9 Å². The molecule has 1 aliphatic heterocycles. The highest BCUT2D eigenvalue weighted by Gasteiger charge is 2.28. The van der Waals surface area contributed by atoms with Gasteiger partial charge in [0.2, 0.25) is 5.91 Å². The number of fused-ring (bicyclic) bond motifs is 1. The predicted molar refractivity (Wildman–Crippen MR) is 106 cm³/mol. The number of nitrogens with zero attached hydrogens (tertiary/aromatic N) is 4. The molecule has 0 aliphatic carbocycles. The van der Waals surface area contributed by atoms with Crippen molar-refractivity contribution in [1.82, 2.24) is 25.1 Å². The predicted octanol–water partition coefficient (Wildman–Crippen LogP) is 2.75. The number of rotatable bonds is 4. The summed E-state index contributed by atoms with van der Waals surface area (Å²) in [7, 11) is 0. The van der Waals surface area contributed by atoms with E-state index in [-0.39, 0.29) is 18.4 Å². The zero-order chi connectivity index (χ0) is 18.8. The van der Waals surface area contributed by atoms with E-state index in [2.05, 4.69) is 38.3 Å². The molecule has 0 saturated carbocycles. The number of amides is 1. The number of likely N-dealkylation sites (tertiary alicyclic amines) is 1. The van der Waals surface area contributed by atoms with E-state index in [4.69, 9.17) is 6.42 Å². The van der Waals surface area contributed by atoms with Gasteiger partial charge in [0.1, 0.15) is 11.2 Å². The van der Waals surface area contributed by atoms with Gasteiger partial charge in [-0.3, -0.25) is 4.79 Å². The van der Waals surface area contributed by atoms with Crippen LogP contribution in [0, 0.1) is 18.3 Å². The summed E-state index contributed by atoms with van der Waals surface area (Å²) in [5.41, 5.74) is 4.42. The zero-order valence-electron chi connectivity index (χ0n) is 15.0. The standard InChI is InChI=1S/C19H20N6OS/c1-3-4-16(26)25-9-12(2)7-13(10-25)23-17-14-5-6-20-18(14)21-8-15(17)19-24-22-11-27-19/h1,5-6,8,11-13H,4,7,9-10H2,2H3,(H2,20,21,23)/t12-,13+/m0/s1. The Morgan fingerprint density at radius 3 is 3.19 bits per heavy atom. The third kappa shape index (κ3) is 3.51. The van der Waals surface area contributed by atoms with Gasteiger partial charge in [0.15, 0.2) is 5.01 Å². The number of nitrogens with one attached hydrogen (secondary N) is 2. The van der Waals surface area contributed by atoms with E-state index in [0.717, 1.165) is 40.3 Å². The number of hydrogen-bond donors (Lipinski definition) is 2. The Morgan fingerprint density at radius 1 is 1.52 bits per heavy atom. The minimum atomic E-state index is 0.0155. The van der Waals surface area contributed by atoms with E-state index in [1.807, 2.05) is 23.4 Å². The summed E-state index contributed by atoms with van der Waals surface area (Å²) in [4.78, 5) is 21.8. The van der Waals surface area contributed by atoms with Crippen LogP contribution in [-0.2, 0) is 4.79 Å². The quantitative estimate of drug-likeness (QED) is 0.680. The molecule has 0 spiro atoms. The minimum absolute atomic E-state index is 0.0155. The number of H-pyrrole nitrogens is 1. The lowest BCUT2D eigenvalue weighted by molar-refractivity contribution is -0.131. The second-order valence-electron chi connectivity index (χ2n) is 6.89. The number of carbonyl (C=O) groups is 1. The topological polar surface area (TPSA) is 86.8 Å². The highest BCUT2D eigenvalue weighted by atomic mass is 32.1. The van der Waals surface area contributed by atoms with Crippen molar-refractivity contribution in [3.63, 3.8) is 0 Å². The summed E-state index contributed by atoms with van der Waals surface area (Å²) in [6.07, 6.45) is 10.1. The normalized spacial score (nSPS) is 19.8. The number of aromatic nitrogens is 4. The summed E-state index contributed by atoms with van der Waals surface area (Å²) in [5, 5.41) is 13.6. The van der Waals surface area contributed by atoms with E-state index in [9.17, 15) is 4.79 Å². The highest BCUT2D eigenvalue weighted by molar-refractivity contribution is 7.12. The van der Waals surface area contributed by atoms with Gasteiger partial charge >= 0.3 is 0 Å². The first kappa shape index (κ1) is 17.5. The molecule has 1 fully saturated rings. The lowest BCUT2D eigenvalue weighted by atomic mass is 9.95. The molecule has 2 N–H and O–H groups in total. The van der Waals surface area contributed by atoms with Crippen molar-refractivity contribution < 1.29 is 4.79 Å². The Morgan fingerprint density at radius 2 is 2.41 bits per heavy atom. The molecular formula is C19H20N6OS. The minimum Gasteiger partial charge on any atom is -0.379 e. The Bertz CT molecular complexity index is 989. The van der Waals surface area contributed by atoms with Crippen molar-refractivity contribution in [1.29, 1.82) is 0 Å². The number of hydrogen-bond acceptors (Lipinski definition) is 6. The third-order valence-electron chi connectivity index (χ3n) is 4.79. The lowest BCUT2D eigenvalue weighted by Crippen LogP contribution is -2.48. The maximum absolute atomic E-state index is 12.3. The maximum Gasteiger partial charge on any atom is 0.234 e. The average Bonchev–Trinajstić information content (AvgIpc) is 3.33. The fourth-order valence-electron chi connectivity index (χ4n) is 3.68. The molecule has 1 aliphatic rings. The SMILES string of the molecule is C#CCC(=O)N1C[C@@H](C)C[C@@H](Nc2c(-c3nncs3)cnc3[nH]ccc23)C1. The summed E-state index contributed by atoms with van der Waals surface area (Å²) in [6.45, 7) is 3.54. The molecule has 4 heterocycles. The molecular weight excluding hydrogens is 360 g/mol. The van der Waals surface area contributed by atoms with E-state index in [1.54, 1.807) is 5.51 Å². The number of carbonyl (C=O) groups excluding carboxylic acids is 1. The van der Waals surface area contributed by atoms with Crippen LogP contribution in [0.1, 0.15) is 19.8 Å². The first-order chi connectivity index (χ1) is 13.2. The molecule has 4 rings (SSSR count). The van der Waals surface area contributed by atoms with Crippen LogP contribution in [0.25, 0.3) is 21.6 Å². The molecule has 0 unspecified atom stereocenters. The molecule has 2 atom stereocenters. The number of piperidine rings is 1. The van der Waals surface area contributed by atoms with E-state index in [1.165, 1.54) is 11.3 Å². The first-order valence-electron chi connectivity index (χ1n) is 8.86. The Hall–Kier alpha value is -2.92. The Kier molecular flexibility index (Phi) is 4.77. The maximum atomic E-state index is 12.3. The summed E-state index contributed by atoms with van der Waals surface area (Å²) in [5.74, 6) is 2.87. The number of terminal acetylenes is 1. The van der Waals surface area contributed by atoms with Crippen LogP contribution in [0.3, 0.4) is 0 Å². The Labute approximate surface area is 161 Å². The molecule has 138 valence electrons. The molecule has 3 aromatic heterocycles. The summed E-state index contributed by atoms with van der Waals surface area (Å²) < 4.78 is 0. The molecule has 8 heteroatoms. The fourth-order valence-corrected chi connectivity index (χ4v) is 4.25. The van der Waals surface area contributed by atoms with E-state index < -0.39 is 0 Å². The summed E-state index contributed by atoms with van der Waals surface area (Å²) >= 11 is 1.48. The molecule has 27 heavy (non-hydrogen) atoms. The van der Waals surface area contributed by atoms with E-state index >= 15 is 0 Å².